The average molecular weight is 273 g/mol. The molecule has 1 heterocycles. The molecule has 5 heteroatoms. The fraction of sp³-hybridized carbons (Fsp3) is 0.333. The van der Waals surface area contributed by atoms with Gasteiger partial charge in [0.15, 0.2) is 0 Å². The molecule has 1 fully saturated rings. The number of benzene rings is 1. The summed E-state index contributed by atoms with van der Waals surface area (Å²) in [4.78, 5) is 11.9. The van der Waals surface area contributed by atoms with E-state index in [1.54, 1.807) is 24.4 Å². The molecule has 1 amide bonds. The molecule has 2 atom stereocenters. The number of aromatic nitrogens is 2. The van der Waals surface area contributed by atoms with Crippen molar-refractivity contribution in [3.8, 4) is 0 Å². The average Bonchev–Trinajstić information content (AvgIpc) is 2.85. The molecule has 2 aromatic rings. The number of halogens is 1. The summed E-state index contributed by atoms with van der Waals surface area (Å²) < 4.78 is 12.9. The molecule has 0 radical (unpaired) electrons. The monoisotopic (exact) mass is 273 g/mol. The van der Waals surface area contributed by atoms with Gasteiger partial charge in [0.2, 0.25) is 5.91 Å². The molecule has 104 valence electrons. The summed E-state index contributed by atoms with van der Waals surface area (Å²) in [6.07, 6.45) is 2.81. The van der Waals surface area contributed by atoms with Gasteiger partial charge in [-0.05, 0) is 30.2 Å². The van der Waals surface area contributed by atoms with Crippen LogP contribution in [0.5, 0.6) is 0 Å². The van der Waals surface area contributed by atoms with Gasteiger partial charge in [-0.3, -0.25) is 9.89 Å². The third-order valence-electron chi connectivity index (χ3n) is 3.99. The zero-order valence-corrected chi connectivity index (χ0v) is 11.2. The highest BCUT2D eigenvalue weighted by atomic mass is 19.1. The lowest BCUT2D eigenvalue weighted by atomic mass is 9.97. The summed E-state index contributed by atoms with van der Waals surface area (Å²) >= 11 is 0. The highest BCUT2D eigenvalue weighted by Crippen LogP contribution is 2.47. The van der Waals surface area contributed by atoms with Crippen molar-refractivity contribution in [3.63, 3.8) is 0 Å². The van der Waals surface area contributed by atoms with E-state index in [4.69, 9.17) is 0 Å². The smallest absolute Gasteiger partial charge is 0.226 e. The number of carbonyl (C=O) groups is 1. The van der Waals surface area contributed by atoms with Crippen molar-refractivity contribution >= 4 is 5.91 Å². The number of nitrogens with zero attached hydrogens (tertiary/aromatic N) is 1. The van der Waals surface area contributed by atoms with Gasteiger partial charge < -0.3 is 5.32 Å². The van der Waals surface area contributed by atoms with E-state index in [-0.39, 0.29) is 23.2 Å². The lowest BCUT2D eigenvalue weighted by molar-refractivity contribution is -0.120. The number of rotatable bonds is 4. The third kappa shape index (κ3) is 2.43. The maximum atomic E-state index is 12.9. The molecule has 2 unspecified atom stereocenters. The van der Waals surface area contributed by atoms with Crippen molar-refractivity contribution in [3.05, 3.63) is 53.6 Å². The summed E-state index contributed by atoms with van der Waals surface area (Å²) in [6, 6.07) is 8.40. The molecule has 0 aliphatic heterocycles. The largest absolute Gasteiger partial charge is 0.352 e. The first kappa shape index (κ1) is 12.8. The fourth-order valence-corrected chi connectivity index (χ4v) is 2.53. The van der Waals surface area contributed by atoms with Crippen molar-refractivity contribution < 1.29 is 9.18 Å². The minimum atomic E-state index is -0.238. The van der Waals surface area contributed by atoms with Crippen LogP contribution in [0.3, 0.4) is 0 Å². The Hall–Kier alpha value is -2.17. The summed E-state index contributed by atoms with van der Waals surface area (Å²) in [5.41, 5.74) is 1.77. The first-order chi connectivity index (χ1) is 9.58. The Balaban J connectivity index is 1.60. The van der Waals surface area contributed by atoms with Crippen LogP contribution < -0.4 is 5.32 Å². The van der Waals surface area contributed by atoms with Crippen molar-refractivity contribution in [2.45, 2.75) is 31.2 Å². The van der Waals surface area contributed by atoms with Crippen LogP contribution >= 0.6 is 0 Å². The predicted octanol–water partition coefficient (Wildman–Crippen LogP) is 1.94. The van der Waals surface area contributed by atoms with Gasteiger partial charge in [-0.15, -0.1) is 0 Å². The number of carbonyl (C=O) groups excluding carboxylic acids is 1. The van der Waals surface area contributed by atoms with Crippen LogP contribution in [0.4, 0.5) is 4.39 Å². The zero-order chi connectivity index (χ0) is 14.2. The van der Waals surface area contributed by atoms with Crippen molar-refractivity contribution in [2.24, 2.45) is 0 Å². The van der Waals surface area contributed by atoms with Crippen molar-refractivity contribution in [1.82, 2.24) is 15.5 Å². The van der Waals surface area contributed by atoms with Gasteiger partial charge in [0.1, 0.15) is 5.82 Å². The maximum Gasteiger partial charge on any atom is 0.226 e. The van der Waals surface area contributed by atoms with Crippen LogP contribution in [-0.4, -0.2) is 22.1 Å². The Bertz CT molecular complexity index is 609. The molecule has 20 heavy (non-hydrogen) atoms. The van der Waals surface area contributed by atoms with E-state index in [0.717, 1.165) is 17.7 Å². The van der Waals surface area contributed by atoms with Gasteiger partial charge in [-0.25, -0.2) is 4.39 Å². The number of hydrogen-bond donors (Lipinski definition) is 2. The van der Waals surface area contributed by atoms with E-state index in [1.807, 2.05) is 0 Å². The molecule has 0 spiro atoms. The first-order valence-electron chi connectivity index (χ1n) is 6.61. The number of nitrogens with one attached hydrogen (secondary N) is 2. The molecule has 4 nitrogen and oxygen atoms in total. The predicted molar refractivity (Wildman–Crippen MR) is 72.6 cm³/mol. The Morgan fingerprint density at radius 2 is 2.20 bits per heavy atom. The zero-order valence-electron chi connectivity index (χ0n) is 11.2. The maximum absolute atomic E-state index is 12.9. The Labute approximate surface area is 116 Å². The minimum Gasteiger partial charge on any atom is -0.352 e. The molecule has 1 aromatic carbocycles. The summed E-state index contributed by atoms with van der Waals surface area (Å²) in [5.74, 6) is -0.261. The second kappa shape index (κ2) is 4.74. The quantitative estimate of drug-likeness (QED) is 0.894. The van der Waals surface area contributed by atoms with Crippen LogP contribution in [0.1, 0.15) is 24.6 Å². The Kier molecular flexibility index (Phi) is 3.04. The van der Waals surface area contributed by atoms with Crippen molar-refractivity contribution in [2.75, 3.05) is 0 Å². The summed E-state index contributed by atoms with van der Waals surface area (Å²) in [7, 11) is 0. The molecule has 0 bridgehead atoms. The topological polar surface area (TPSA) is 57.8 Å². The molecular weight excluding hydrogens is 257 g/mol. The Morgan fingerprint density at radius 1 is 1.45 bits per heavy atom. The highest BCUT2D eigenvalue weighted by Gasteiger charge is 2.52. The molecule has 3 rings (SSSR count). The first-order valence-corrected chi connectivity index (χ1v) is 6.61. The minimum absolute atomic E-state index is 0.0231. The molecular formula is C15H16FN3O. The molecule has 0 saturated heterocycles. The molecule has 1 aromatic heterocycles. The van der Waals surface area contributed by atoms with E-state index in [2.05, 4.69) is 22.4 Å². The van der Waals surface area contributed by atoms with E-state index in [9.17, 15) is 9.18 Å². The van der Waals surface area contributed by atoms with E-state index in [1.165, 1.54) is 12.1 Å². The summed E-state index contributed by atoms with van der Waals surface area (Å²) in [5, 5.41) is 9.60. The van der Waals surface area contributed by atoms with Crippen LogP contribution in [0.2, 0.25) is 0 Å². The fourth-order valence-electron chi connectivity index (χ4n) is 2.53. The summed E-state index contributed by atoms with van der Waals surface area (Å²) in [6.45, 7) is 2.08. The van der Waals surface area contributed by atoms with Crippen LogP contribution in [0.15, 0.2) is 36.5 Å². The van der Waals surface area contributed by atoms with E-state index in [0.29, 0.717) is 6.42 Å². The lowest BCUT2D eigenvalue weighted by Crippen LogP contribution is -2.31. The number of amides is 1. The SMILES string of the molecule is CC1(c2ccc(F)cc2)CC1NC(=O)Cc1ccn[nH]1. The number of aromatic amines is 1. The van der Waals surface area contributed by atoms with Gasteiger partial charge in [0.05, 0.1) is 6.42 Å². The second-order valence-corrected chi connectivity index (χ2v) is 5.51. The molecule has 1 aliphatic carbocycles. The molecule has 1 aliphatic rings. The van der Waals surface area contributed by atoms with Gasteiger partial charge in [-0.1, -0.05) is 19.1 Å². The molecule has 1 saturated carbocycles. The Morgan fingerprint density at radius 3 is 2.85 bits per heavy atom. The van der Waals surface area contributed by atoms with Gasteiger partial charge in [0.25, 0.3) is 0 Å². The lowest BCUT2D eigenvalue weighted by Gasteiger charge is -2.12. The highest BCUT2D eigenvalue weighted by molar-refractivity contribution is 5.79. The van der Waals surface area contributed by atoms with E-state index < -0.39 is 0 Å². The standard InChI is InChI=1S/C15H16FN3O/c1-15(10-2-4-11(16)5-3-10)9-13(15)18-14(20)8-12-6-7-17-19-12/h2-7,13H,8-9H2,1H3,(H,17,19)(H,18,20). The van der Waals surface area contributed by atoms with Crippen LogP contribution in [0, 0.1) is 5.82 Å². The van der Waals surface area contributed by atoms with Crippen LogP contribution in [0.25, 0.3) is 0 Å². The van der Waals surface area contributed by atoms with Crippen LogP contribution in [-0.2, 0) is 16.6 Å². The number of H-pyrrole nitrogens is 1. The van der Waals surface area contributed by atoms with Crippen molar-refractivity contribution in [1.29, 1.82) is 0 Å². The van der Waals surface area contributed by atoms with E-state index >= 15 is 0 Å². The van der Waals surface area contributed by atoms with Gasteiger partial charge in [-0.2, -0.15) is 5.10 Å². The normalized spacial score (nSPS) is 24.4. The number of hydrogen-bond acceptors (Lipinski definition) is 2. The van der Waals surface area contributed by atoms with Gasteiger partial charge >= 0.3 is 0 Å². The molecule has 2 N–H and O–H groups in total. The second-order valence-electron chi connectivity index (χ2n) is 5.51. The third-order valence-corrected chi connectivity index (χ3v) is 3.99. The van der Waals surface area contributed by atoms with Gasteiger partial charge in [0, 0.05) is 23.3 Å².